The summed E-state index contributed by atoms with van der Waals surface area (Å²) in [6.07, 6.45) is 12.8. The maximum atomic E-state index is 9.88. The van der Waals surface area contributed by atoms with Gasteiger partial charge in [-0.25, -0.2) is 6.42 Å². The Labute approximate surface area is 272 Å². The largest absolute Gasteiger partial charge is 0.654 e. The van der Waals surface area contributed by atoms with Gasteiger partial charge in [0, 0.05) is 47.0 Å². The molecule has 2 saturated heterocycles. The van der Waals surface area contributed by atoms with Gasteiger partial charge in [0.2, 0.25) is 0 Å². The Morgan fingerprint density at radius 3 is 2.61 bits per heavy atom. The third-order valence-electron chi connectivity index (χ3n) is 10.1. The van der Waals surface area contributed by atoms with E-state index in [9.17, 15) is 10.2 Å². The first-order valence-electron chi connectivity index (χ1n) is 17.4. The second-order valence-electron chi connectivity index (χ2n) is 12.3. The molecule has 1 aliphatic carbocycles. The number of nitrogens with zero attached hydrogens (tertiary/aromatic N) is 2. The Kier molecular flexibility index (Phi) is 11.7. The molecule has 0 amide bonds. The van der Waals surface area contributed by atoms with E-state index in [-0.39, 0.29) is 44.2 Å². The van der Waals surface area contributed by atoms with Gasteiger partial charge in [0.25, 0.3) is 0 Å². The maximum absolute atomic E-state index is 9.88. The third kappa shape index (κ3) is 7.69. The first kappa shape index (κ1) is 30.3. The maximum Gasteiger partial charge on any atom is 0.171 e. The quantitative estimate of drug-likeness (QED) is 0.192. The molecule has 0 aromatic carbocycles. The van der Waals surface area contributed by atoms with Crippen molar-refractivity contribution in [3.8, 4) is 0 Å². The SMILES string of the molecule is CCC(CC)/C(O)=C/[C@@H](O)C(CC)CC.[2H]C([2H])([2H])C1=NC2OC3=C([C@@H]4[N-]CC=C5S[C@H](C)C(C)[C@@H]54)[CH-]CC[C@H]3C2CC1.[Ir]. The van der Waals surface area contributed by atoms with Crippen LogP contribution < -0.4 is 0 Å². The van der Waals surface area contributed by atoms with Crippen molar-refractivity contribution >= 4 is 17.5 Å². The first-order chi connectivity index (χ1) is 20.4. The summed E-state index contributed by atoms with van der Waals surface area (Å²) in [4.78, 5) is 6.05. The van der Waals surface area contributed by atoms with Crippen LogP contribution in [-0.2, 0) is 24.8 Å². The van der Waals surface area contributed by atoms with Crippen LogP contribution in [0.3, 0.4) is 0 Å². The van der Waals surface area contributed by atoms with Gasteiger partial charge in [0.1, 0.15) is 0 Å². The fraction of sp³-hybridized carbons (Fsp3) is 0.765. The van der Waals surface area contributed by atoms with Crippen molar-refractivity contribution < 1.29 is 39.2 Å². The summed E-state index contributed by atoms with van der Waals surface area (Å²) in [7, 11) is 0. The van der Waals surface area contributed by atoms with E-state index in [2.05, 4.69) is 59.0 Å². The molecule has 5 aliphatic rings. The average Bonchev–Trinajstić information content (AvgIpc) is 3.50. The molecule has 0 aromatic rings. The number of aliphatic imine (C=N–C) groups is 1. The number of aliphatic hydroxyl groups is 2. The molecule has 8 atom stereocenters. The summed E-state index contributed by atoms with van der Waals surface area (Å²) in [5.74, 6) is 3.64. The van der Waals surface area contributed by atoms with Gasteiger partial charge >= 0.3 is 0 Å². The van der Waals surface area contributed by atoms with Crippen LogP contribution >= 0.6 is 11.8 Å². The van der Waals surface area contributed by atoms with Gasteiger partial charge in [0.05, 0.1) is 11.9 Å². The van der Waals surface area contributed by atoms with E-state index in [4.69, 9.17) is 14.2 Å². The van der Waals surface area contributed by atoms with E-state index in [0.717, 1.165) is 57.2 Å². The molecule has 0 bridgehead atoms. The topological polar surface area (TPSA) is 76.2 Å². The van der Waals surface area contributed by atoms with Crippen molar-refractivity contribution in [2.75, 3.05) is 6.54 Å². The fourth-order valence-electron chi connectivity index (χ4n) is 7.26. The second-order valence-corrected chi connectivity index (χ2v) is 13.7. The molecule has 235 valence electrons. The van der Waals surface area contributed by atoms with Crippen molar-refractivity contribution in [1.29, 1.82) is 0 Å². The van der Waals surface area contributed by atoms with Crippen LogP contribution in [0, 0.1) is 41.9 Å². The number of hydrogen-bond acceptors (Lipinski definition) is 5. The van der Waals surface area contributed by atoms with E-state index in [1.807, 2.05) is 11.8 Å². The molecule has 0 aromatic heterocycles. The number of rotatable bonds is 8. The number of hydrogen-bond donors (Lipinski definition) is 2. The molecule has 2 fully saturated rings. The molecule has 2 N–H and O–H groups in total. The van der Waals surface area contributed by atoms with Gasteiger partial charge in [-0.1, -0.05) is 66.9 Å². The summed E-state index contributed by atoms with van der Waals surface area (Å²) in [5, 5.41) is 25.4. The van der Waals surface area contributed by atoms with Crippen LogP contribution in [0.5, 0.6) is 0 Å². The Morgan fingerprint density at radius 1 is 1.22 bits per heavy atom. The van der Waals surface area contributed by atoms with Crippen molar-refractivity contribution in [2.24, 2.45) is 40.5 Å². The van der Waals surface area contributed by atoms with Gasteiger partial charge in [-0.05, 0) is 72.9 Å². The predicted molar refractivity (Wildman–Crippen MR) is 169 cm³/mol. The van der Waals surface area contributed by atoms with Crippen molar-refractivity contribution in [3.05, 3.63) is 45.9 Å². The summed E-state index contributed by atoms with van der Waals surface area (Å²) < 4.78 is 29.5. The molecule has 3 unspecified atom stereocenters. The second kappa shape index (κ2) is 15.8. The third-order valence-corrected chi connectivity index (χ3v) is 11.6. The molecule has 41 heavy (non-hydrogen) atoms. The van der Waals surface area contributed by atoms with E-state index in [0.29, 0.717) is 46.8 Å². The van der Waals surface area contributed by atoms with Crippen LogP contribution in [-0.4, -0.2) is 46.1 Å². The van der Waals surface area contributed by atoms with E-state index in [1.165, 1.54) is 10.5 Å². The molecule has 7 heteroatoms. The minimum Gasteiger partial charge on any atom is -0.654 e. The van der Waals surface area contributed by atoms with Gasteiger partial charge in [-0.15, -0.1) is 30.8 Å². The molecule has 4 heterocycles. The molecule has 5 rings (SSSR count). The van der Waals surface area contributed by atoms with E-state index >= 15 is 0 Å². The van der Waals surface area contributed by atoms with Crippen LogP contribution in [0.1, 0.15) is 104 Å². The minimum atomic E-state index is -2.10. The molecule has 1 radical (unpaired) electrons. The Morgan fingerprint density at radius 2 is 1.95 bits per heavy atom. The molecule has 0 spiro atoms. The first-order valence-corrected chi connectivity index (χ1v) is 16.8. The normalized spacial score (nSPS) is 34.7. The average molecular weight is 766 g/mol. The Hall–Kier alpha value is -0.721. The molecular weight excluding hydrogens is 709 g/mol. The number of aliphatic hydroxyl groups excluding tert-OH is 2. The number of allylic oxidation sites excluding steroid dienone is 2. The van der Waals surface area contributed by atoms with E-state index in [1.54, 1.807) is 6.08 Å². The summed E-state index contributed by atoms with van der Waals surface area (Å²) in [5.41, 5.74) is 1.61. The monoisotopic (exact) mass is 766 g/mol. The zero-order valence-electron chi connectivity index (χ0n) is 28.8. The van der Waals surface area contributed by atoms with Gasteiger partial charge in [-0.2, -0.15) is 5.57 Å². The number of fused-ring (bicyclic) bond motifs is 4. The van der Waals surface area contributed by atoms with Gasteiger partial charge in [0.15, 0.2) is 6.23 Å². The Balaban J connectivity index is 0.000000286. The zero-order valence-corrected chi connectivity index (χ0v) is 29.0. The van der Waals surface area contributed by atoms with Crippen molar-refractivity contribution in [3.63, 3.8) is 0 Å². The Bertz CT molecular complexity index is 1090. The molecule has 0 saturated carbocycles. The summed E-state index contributed by atoms with van der Waals surface area (Å²) in [6, 6.07) is 0.177. The molecule has 5 nitrogen and oxygen atoms in total. The predicted octanol–water partition coefficient (Wildman–Crippen LogP) is 8.77. The molecular formula is C34H54IrN2O3S-2. The zero-order chi connectivity index (χ0) is 31.5. The van der Waals surface area contributed by atoms with Crippen LogP contribution in [0.25, 0.3) is 5.32 Å². The molecule has 4 aliphatic heterocycles. The minimum absolute atomic E-state index is 0. The van der Waals surface area contributed by atoms with Crippen LogP contribution in [0.15, 0.2) is 39.1 Å². The van der Waals surface area contributed by atoms with Gasteiger partial charge in [-0.3, -0.25) is 4.99 Å². The van der Waals surface area contributed by atoms with Gasteiger partial charge < -0.3 is 20.3 Å². The summed E-state index contributed by atoms with van der Waals surface area (Å²) >= 11 is 2.01. The standard InChI is InChI=1S/C21H28N2OS.C13H26O2.Ir/c1-11-7-8-15-14-5-4-6-16(20(14)24-21(15)23-11)19-18-12(2)13(3)25-17(18)9-10-22-19;1-5-10(6-2)12(14)9-13(15)11(7-3)8-4;/h6,9,12-15,18-19,21H,4-5,7-8,10H2,1-3H3;9-12,14-15H,5-8H2,1-4H3;/q-2;;/b;13-9-;/t12?,13-,14+,15?,18+,19+,21?;12-;/m11./s1/i1D3;;. The number of thioether (sulfide) groups is 1. The fourth-order valence-corrected chi connectivity index (χ4v) is 8.75. The van der Waals surface area contributed by atoms with E-state index < -0.39 is 13.0 Å². The van der Waals surface area contributed by atoms with Crippen molar-refractivity contribution in [2.45, 2.75) is 123 Å². The van der Waals surface area contributed by atoms with Crippen molar-refractivity contribution in [1.82, 2.24) is 0 Å². The van der Waals surface area contributed by atoms with Crippen LogP contribution in [0.2, 0.25) is 0 Å². The smallest absolute Gasteiger partial charge is 0.171 e. The summed E-state index contributed by atoms with van der Waals surface area (Å²) in [6.45, 7) is 11.6. The number of ether oxygens (including phenoxy) is 1. The van der Waals surface area contributed by atoms with Crippen LogP contribution in [0.4, 0.5) is 0 Å².